The number of ether oxygens (including phenoxy) is 2. The van der Waals surface area contributed by atoms with Crippen LogP contribution in [0.2, 0.25) is 0 Å². The zero-order chi connectivity index (χ0) is 14.4. The fraction of sp³-hybridized carbons (Fsp3) is 0.176. The first kappa shape index (κ1) is 14.0. The van der Waals surface area contributed by atoms with E-state index in [4.69, 9.17) is 9.47 Å². The lowest BCUT2D eigenvalue weighted by atomic mass is 10.1. The molecule has 0 bridgehead atoms. The van der Waals surface area contributed by atoms with Crippen molar-refractivity contribution in [3.05, 3.63) is 59.7 Å². The molecule has 1 unspecified atom stereocenters. The summed E-state index contributed by atoms with van der Waals surface area (Å²) in [7, 11) is 3.13. The monoisotopic (exact) mass is 268 g/mol. The Balaban J connectivity index is 2.22. The van der Waals surface area contributed by atoms with Gasteiger partial charge in [0.1, 0.15) is 6.10 Å². The van der Waals surface area contributed by atoms with E-state index in [0.29, 0.717) is 17.1 Å². The second-order valence-electron chi connectivity index (χ2n) is 4.15. The van der Waals surface area contributed by atoms with Crippen molar-refractivity contribution in [1.82, 2.24) is 0 Å². The number of aliphatic hydroxyl groups is 1. The van der Waals surface area contributed by atoms with Crippen LogP contribution in [0.25, 0.3) is 0 Å². The molecule has 0 aliphatic carbocycles. The summed E-state index contributed by atoms with van der Waals surface area (Å²) >= 11 is 0. The van der Waals surface area contributed by atoms with Gasteiger partial charge in [0.05, 0.1) is 14.2 Å². The molecule has 0 saturated heterocycles. The summed E-state index contributed by atoms with van der Waals surface area (Å²) in [5.74, 6) is 6.95. The molecule has 0 fully saturated rings. The molecule has 2 aromatic carbocycles. The van der Waals surface area contributed by atoms with Gasteiger partial charge in [-0.25, -0.2) is 0 Å². The highest BCUT2D eigenvalue weighted by molar-refractivity contribution is 5.45. The summed E-state index contributed by atoms with van der Waals surface area (Å²) in [5.41, 5.74) is 1.54. The summed E-state index contributed by atoms with van der Waals surface area (Å²) in [4.78, 5) is 0. The lowest BCUT2D eigenvalue weighted by Gasteiger charge is -2.10. The largest absolute Gasteiger partial charge is 0.493 e. The Morgan fingerprint density at radius 3 is 2.30 bits per heavy atom. The summed E-state index contributed by atoms with van der Waals surface area (Å²) in [6.45, 7) is 0. The highest BCUT2D eigenvalue weighted by atomic mass is 16.5. The highest BCUT2D eigenvalue weighted by Crippen LogP contribution is 2.29. The van der Waals surface area contributed by atoms with Gasteiger partial charge in [-0.3, -0.25) is 0 Å². The summed E-state index contributed by atoms with van der Waals surface area (Å²) in [6.07, 6.45) is -0.866. The first-order valence-corrected chi connectivity index (χ1v) is 6.21. The zero-order valence-electron chi connectivity index (χ0n) is 11.5. The van der Waals surface area contributed by atoms with E-state index in [-0.39, 0.29) is 0 Å². The number of aliphatic hydroxyl groups excluding tert-OH is 1. The predicted molar refractivity (Wildman–Crippen MR) is 77.8 cm³/mol. The summed E-state index contributed by atoms with van der Waals surface area (Å²) in [6, 6.07) is 14.8. The number of benzene rings is 2. The van der Waals surface area contributed by atoms with Crippen molar-refractivity contribution in [2.75, 3.05) is 14.2 Å². The van der Waals surface area contributed by atoms with Gasteiger partial charge in [0.25, 0.3) is 0 Å². The van der Waals surface area contributed by atoms with Gasteiger partial charge in [-0.1, -0.05) is 36.1 Å². The highest BCUT2D eigenvalue weighted by Gasteiger charge is 2.09. The molecule has 0 saturated carbocycles. The molecule has 1 atom stereocenters. The van der Waals surface area contributed by atoms with Gasteiger partial charge in [-0.05, 0) is 29.8 Å². The molecular formula is C17H16O3. The standard InChI is InChI=1S/C17H16O3/c1-19-16-11-9-14(12-17(16)20-2)15(18)10-8-13-6-4-3-5-7-13/h3-7,9,11-12,15,18H,1-2H3. The van der Waals surface area contributed by atoms with Crippen molar-refractivity contribution in [1.29, 1.82) is 0 Å². The van der Waals surface area contributed by atoms with Crippen molar-refractivity contribution in [2.45, 2.75) is 6.10 Å². The number of hydrogen-bond acceptors (Lipinski definition) is 3. The van der Waals surface area contributed by atoms with Crippen LogP contribution in [0.4, 0.5) is 0 Å². The molecule has 0 aromatic heterocycles. The number of rotatable bonds is 3. The van der Waals surface area contributed by atoms with Crippen LogP contribution in [-0.2, 0) is 0 Å². The molecule has 0 aliphatic heterocycles. The van der Waals surface area contributed by atoms with Gasteiger partial charge in [0.15, 0.2) is 11.5 Å². The van der Waals surface area contributed by atoms with E-state index < -0.39 is 6.10 Å². The van der Waals surface area contributed by atoms with E-state index in [1.807, 2.05) is 30.3 Å². The first-order valence-electron chi connectivity index (χ1n) is 6.21. The Kier molecular flexibility index (Phi) is 4.65. The van der Waals surface area contributed by atoms with E-state index in [0.717, 1.165) is 5.56 Å². The minimum atomic E-state index is -0.866. The molecule has 0 radical (unpaired) electrons. The Morgan fingerprint density at radius 2 is 1.65 bits per heavy atom. The van der Waals surface area contributed by atoms with Crippen LogP contribution in [0.15, 0.2) is 48.5 Å². The SMILES string of the molecule is COc1ccc(C(O)C#Cc2ccccc2)cc1OC. The number of hydrogen-bond donors (Lipinski definition) is 1. The maximum absolute atomic E-state index is 10.1. The van der Waals surface area contributed by atoms with Gasteiger partial charge in [-0.15, -0.1) is 0 Å². The van der Waals surface area contributed by atoms with Gasteiger partial charge in [-0.2, -0.15) is 0 Å². The number of methoxy groups -OCH3 is 2. The molecule has 3 nitrogen and oxygen atoms in total. The van der Waals surface area contributed by atoms with Crippen molar-refractivity contribution in [3.63, 3.8) is 0 Å². The van der Waals surface area contributed by atoms with Crippen LogP contribution in [0.5, 0.6) is 11.5 Å². The zero-order valence-corrected chi connectivity index (χ0v) is 11.5. The summed E-state index contributed by atoms with van der Waals surface area (Å²) < 4.78 is 10.4. The molecule has 20 heavy (non-hydrogen) atoms. The van der Waals surface area contributed by atoms with Crippen LogP contribution < -0.4 is 9.47 Å². The van der Waals surface area contributed by atoms with E-state index in [2.05, 4.69) is 11.8 Å². The second kappa shape index (κ2) is 6.65. The fourth-order valence-electron chi connectivity index (χ4n) is 1.78. The third-order valence-corrected chi connectivity index (χ3v) is 2.85. The lowest BCUT2D eigenvalue weighted by molar-refractivity contribution is 0.237. The molecule has 1 N–H and O–H groups in total. The van der Waals surface area contributed by atoms with E-state index >= 15 is 0 Å². The smallest absolute Gasteiger partial charge is 0.161 e. The molecule has 0 amide bonds. The molecule has 0 heterocycles. The van der Waals surface area contributed by atoms with Gasteiger partial charge < -0.3 is 14.6 Å². The molecule has 0 spiro atoms. The second-order valence-corrected chi connectivity index (χ2v) is 4.15. The Bertz CT molecular complexity index is 624. The maximum Gasteiger partial charge on any atom is 0.161 e. The van der Waals surface area contributed by atoms with Gasteiger partial charge >= 0.3 is 0 Å². The van der Waals surface area contributed by atoms with Crippen molar-refractivity contribution in [3.8, 4) is 23.3 Å². The Labute approximate surface area is 118 Å². The fourth-order valence-corrected chi connectivity index (χ4v) is 1.78. The average Bonchev–Trinajstić information content (AvgIpc) is 2.52. The van der Waals surface area contributed by atoms with Crippen LogP contribution in [0.1, 0.15) is 17.2 Å². The maximum atomic E-state index is 10.1. The van der Waals surface area contributed by atoms with Gasteiger partial charge in [0.2, 0.25) is 0 Å². The Morgan fingerprint density at radius 1 is 0.950 bits per heavy atom. The minimum Gasteiger partial charge on any atom is -0.493 e. The molecular weight excluding hydrogens is 252 g/mol. The normalized spacial score (nSPS) is 11.2. The van der Waals surface area contributed by atoms with Gasteiger partial charge in [0, 0.05) is 5.56 Å². The minimum absolute atomic E-state index is 0.575. The Hall–Kier alpha value is -2.44. The molecule has 2 aromatic rings. The van der Waals surface area contributed by atoms with Crippen LogP contribution in [-0.4, -0.2) is 19.3 Å². The average molecular weight is 268 g/mol. The molecule has 3 heteroatoms. The molecule has 2 rings (SSSR count). The molecule has 102 valence electrons. The van der Waals surface area contributed by atoms with Crippen LogP contribution in [0.3, 0.4) is 0 Å². The third-order valence-electron chi connectivity index (χ3n) is 2.85. The predicted octanol–water partition coefficient (Wildman–Crippen LogP) is 2.79. The summed E-state index contributed by atoms with van der Waals surface area (Å²) in [5, 5.41) is 10.1. The van der Waals surface area contributed by atoms with Crippen molar-refractivity contribution >= 4 is 0 Å². The van der Waals surface area contributed by atoms with Crippen molar-refractivity contribution in [2.24, 2.45) is 0 Å². The van der Waals surface area contributed by atoms with E-state index in [1.165, 1.54) is 0 Å². The topological polar surface area (TPSA) is 38.7 Å². The van der Waals surface area contributed by atoms with Crippen LogP contribution >= 0.6 is 0 Å². The third kappa shape index (κ3) is 3.31. The first-order chi connectivity index (χ1) is 9.74. The van der Waals surface area contributed by atoms with E-state index in [9.17, 15) is 5.11 Å². The quantitative estimate of drug-likeness (QED) is 0.870. The van der Waals surface area contributed by atoms with E-state index in [1.54, 1.807) is 32.4 Å². The van der Waals surface area contributed by atoms with Crippen LogP contribution in [0, 0.1) is 11.8 Å². The van der Waals surface area contributed by atoms with Crippen molar-refractivity contribution < 1.29 is 14.6 Å². The lowest BCUT2D eigenvalue weighted by Crippen LogP contribution is -1.97. The molecule has 0 aliphatic rings.